The van der Waals surface area contributed by atoms with Gasteiger partial charge in [-0.2, -0.15) is 19.9 Å². The van der Waals surface area contributed by atoms with Gasteiger partial charge >= 0.3 is 22.8 Å². The van der Waals surface area contributed by atoms with E-state index in [1.165, 1.54) is 104 Å². The van der Waals surface area contributed by atoms with Gasteiger partial charge in [0.05, 0.1) is 131 Å². The highest BCUT2D eigenvalue weighted by molar-refractivity contribution is 8.32. The number of methoxy groups -OCH3 is 6. The minimum absolute atomic E-state index is 0.00778. The summed E-state index contributed by atoms with van der Waals surface area (Å²) in [6.07, 6.45) is -30.0. The lowest BCUT2D eigenvalue weighted by molar-refractivity contribution is -0.224. The number of hydrogen-bond acceptors (Lipinski definition) is 58. The van der Waals surface area contributed by atoms with E-state index in [0.29, 0.717) is 5.56 Å². The van der Waals surface area contributed by atoms with Crippen LogP contribution in [0.25, 0.3) is 22.3 Å². The number of imidazole rings is 2. The third-order valence-electron chi connectivity index (χ3n) is 24.1. The number of ether oxygens (including phenoxy) is 18. The van der Waals surface area contributed by atoms with Crippen LogP contribution in [-0.4, -0.2) is 347 Å². The Morgan fingerprint density at radius 3 is 1.07 bits per heavy atom. The summed E-state index contributed by atoms with van der Waals surface area (Å²) in [5, 5.41) is 11.9. The van der Waals surface area contributed by atoms with Crippen LogP contribution < -0.4 is 82.1 Å². The zero-order chi connectivity index (χ0) is 108. The van der Waals surface area contributed by atoms with Crippen molar-refractivity contribution in [3.63, 3.8) is 0 Å². The van der Waals surface area contributed by atoms with E-state index in [-0.39, 0.29) is 154 Å². The predicted molar refractivity (Wildman–Crippen MR) is 527 cm³/mol. The fraction of sp³-hybridized carbons (Fsp3) is 0.671. The Bertz CT molecular complexity index is 6630. The molecule has 0 saturated carbocycles. The number of aromatic nitrogens is 16. The van der Waals surface area contributed by atoms with E-state index in [4.69, 9.17) is 219 Å². The summed E-state index contributed by atoms with van der Waals surface area (Å²) in [5.74, 6) is -0.970. The standard InChI is InChI=1S/C79H118N21O40P5S5/c1-12-41-50(56(120-20-14-114-7)70(130-41)98-28-40(5)67(102)94-79(98)107)136-142(109,147)126-30-43-51(57(121-21-15-115-8)71(132-43)96-26-38(3)62(81)90-77(96)105)137-143(110,148)127-31-44-52(58(122-22-16-116-9)72(133-44)97-27-39(4)63(82)91-78(97)106)138-144(111,149)128-32-45-53(59(123-23-17-117-10)73(134-45)99-35-87-47-64(83)85-34-86-65(47)99)140-145(112,150)129-33-46-54(60(124-24-18-118-11)74(135-46)100-36-88-48-66(100)92-75(84)93-68(48)103)139-141(108,146)125-29-42-49(101)55(119-19-13-113-6)69(131-42)95-25-37(2)61(80)89-76(95)104/h25-28,34-36,41-46,49-60,69-74,101H,12-24,29-33H2,1-11H3,(H,108,146)(H,109,147)(H,110,148)(H,111,149)(H,112,150)(H2,80,89,104)(H2,81,90,105)(H2,82,91,106)(H2,83,85,86)(H,94,102,107)(H3,84,92,93,103)/p-5/t41-,42-,43-,44-,45-,46-,49?,50?,51?,52?,53?,54?,55+,56+,57+,58+,59+,60+,69-,70-,71-,72-,73-,74-,141?,142?,143?,144?,145?/m1/s1. The quantitative estimate of drug-likeness (QED) is 0.0102. The van der Waals surface area contributed by atoms with Crippen LogP contribution in [-0.2, 0) is 195 Å². The van der Waals surface area contributed by atoms with Crippen LogP contribution in [0.2, 0.25) is 0 Å². The molecule has 0 bridgehead atoms. The molecule has 11 unspecified atom stereocenters. The molecule has 6 aliphatic heterocycles. The van der Waals surface area contributed by atoms with Crippen molar-refractivity contribution in [1.29, 1.82) is 0 Å². The van der Waals surface area contributed by atoms with Crippen molar-refractivity contribution in [2.45, 2.75) is 188 Å². The number of aliphatic hydroxyl groups excluding tert-OH is 1. The molecule has 6 aliphatic rings. The first-order valence-electron chi connectivity index (χ1n) is 45.8. The molecule has 29 atom stereocenters. The van der Waals surface area contributed by atoms with Crippen LogP contribution in [0.5, 0.6) is 0 Å². The lowest BCUT2D eigenvalue weighted by Crippen LogP contribution is -2.42. The average Bonchev–Trinajstić information content (AvgIpc) is 1.61. The number of nitrogen functional groups attached to an aromatic ring is 5. The third-order valence-corrected chi connectivity index (χ3v) is 31.8. The van der Waals surface area contributed by atoms with Gasteiger partial charge in [0.1, 0.15) is 160 Å². The number of aryl methyl sites for hydroxylation is 4. The lowest BCUT2D eigenvalue weighted by Gasteiger charge is -2.38. The van der Waals surface area contributed by atoms with Gasteiger partial charge in [0, 0.05) is 89.7 Å². The summed E-state index contributed by atoms with van der Waals surface area (Å²) in [5.41, 5.74) is 25.8. The Morgan fingerprint density at radius 2 is 0.687 bits per heavy atom. The van der Waals surface area contributed by atoms with E-state index in [1.807, 2.05) is 0 Å². The Balaban J connectivity index is 0.766. The molecule has 0 radical (unpaired) electrons. The summed E-state index contributed by atoms with van der Waals surface area (Å²) >= 11 is 28.5. The molecule has 6 saturated heterocycles. The number of rotatable bonds is 56. The fourth-order valence-electron chi connectivity index (χ4n) is 16.9. The highest BCUT2D eigenvalue weighted by Crippen LogP contribution is 2.57. The molecule has 0 spiro atoms. The van der Waals surface area contributed by atoms with Gasteiger partial charge in [0.15, 0.2) is 66.8 Å². The van der Waals surface area contributed by atoms with Gasteiger partial charge in [-0.3, -0.25) is 51.5 Å². The second kappa shape index (κ2) is 52.1. The van der Waals surface area contributed by atoms with E-state index in [1.54, 1.807) is 13.8 Å². The second-order valence-electron chi connectivity index (χ2n) is 34.2. The Labute approximate surface area is 877 Å². The van der Waals surface area contributed by atoms with Crippen molar-refractivity contribution < 1.29 is 160 Å². The van der Waals surface area contributed by atoms with E-state index in [9.17, 15) is 38.8 Å². The Hall–Kier alpha value is -6.92. The highest BCUT2D eigenvalue weighted by Gasteiger charge is 2.57. The molecule has 0 amide bonds. The first kappa shape index (κ1) is 119. The molecule has 61 nitrogen and oxygen atoms in total. The summed E-state index contributed by atoms with van der Waals surface area (Å²) in [4.78, 5) is 180. The van der Waals surface area contributed by atoms with E-state index < -0.39 is 248 Å². The van der Waals surface area contributed by atoms with Crippen LogP contribution in [0, 0.1) is 27.7 Å². The molecule has 14 rings (SSSR count). The smallest absolute Gasteiger partial charge is 0.351 e. The van der Waals surface area contributed by atoms with E-state index in [2.05, 4.69) is 49.8 Å². The van der Waals surface area contributed by atoms with Crippen molar-refractivity contribution >= 4 is 145 Å². The number of fused-ring (bicyclic) bond motifs is 2. The largest absolute Gasteiger partial charge is 0.780 e. The van der Waals surface area contributed by atoms with Gasteiger partial charge in [-0.15, -0.1) is 0 Å². The minimum Gasteiger partial charge on any atom is -0.780 e. The van der Waals surface area contributed by atoms with Crippen molar-refractivity contribution in [3.05, 3.63) is 129 Å². The zero-order valence-electron chi connectivity index (χ0n) is 81.9. The fourth-order valence-corrected chi connectivity index (χ4v) is 24.0. The van der Waals surface area contributed by atoms with Crippen molar-refractivity contribution in [1.82, 2.24) is 77.2 Å². The SMILES string of the molecule is CC[C@H]1O[C@@H](n2cc(C)c(=O)[nH]c2=O)[C@@H](OCCOC)C1OP([O-])(=S)OC[C@H]1O[C@@H](n2cc(C)c(N)nc2=O)[C@@H](OCCOC)C1OP(=O)([S-])OC[C@H]1O[C@@H](n2cc(C)c(N)nc2=O)[C@@H](OCCOC)C1OP([O-])(=S)OC[C@H]1O[C@@H](n2cnc3c(N)ncnc32)[C@@H](OCCOC)C1OP([O-])(=S)OC[C@H]1O[C@@H](n2cnc3c(=O)[nH]c(N)nc32)[C@@H](OCCOC)C1OP([O-])(=S)OC[C@H]1O[C@@H](n2cc(C)c(N)nc2=O)[C@@H](OCCOC)C1O. The molecule has 150 heavy (non-hydrogen) atoms. The number of nitrogens with zero attached hydrogens (tertiary/aromatic N) is 14. The van der Waals surface area contributed by atoms with Crippen molar-refractivity contribution in [2.24, 2.45) is 0 Å². The Morgan fingerprint density at radius 1 is 0.373 bits per heavy atom. The lowest BCUT2D eigenvalue weighted by atomic mass is 10.1. The zero-order valence-corrected chi connectivity index (χ0v) is 90.5. The normalized spacial score (nSPS) is 29.1. The molecular weight excluding hydrogens is 2200 g/mol. The van der Waals surface area contributed by atoms with Crippen molar-refractivity contribution in [2.75, 3.05) is 184 Å². The summed E-state index contributed by atoms with van der Waals surface area (Å²) in [6.45, 7) is -25.2. The molecular formula is C79H113N21O40P5S5-5. The number of nitrogens with one attached hydrogen (secondary N) is 2. The summed E-state index contributed by atoms with van der Waals surface area (Å²) in [6, 6.07) is 0. The Kier molecular flexibility index (Phi) is 41.1. The summed E-state index contributed by atoms with van der Waals surface area (Å²) < 4.78 is 192. The van der Waals surface area contributed by atoms with Crippen molar-refractivity contribution in [3.8, 4) is 0 Å². The third kappa shape index (κ3) is 28.4. The predicted octanol–water partition coefficient (Wildman–Crippen LogP) is -4.23. The molecule has 6 fully saturated rings. The first-order valence-corrected chi connectivity index (χ1v) is 58.6. The van der Waals surface area contributed by atoms with Gasteiger partial charge in [0.2, 0.25) is 5.95 Å². The van der Waals surface area contributed by atoms with Gasteiger partial charge in [-0.25, -0.2) is 39.1 Å². The molecule has 71 heteroatoms. The molecule has 8 aromatic heterocycles. The van der Waals surface area contributed by atoms with Crippen LogP contribution in [0.4, 0.5) is 29.2 Å². The highest BCUT2D eigenvalue weighted by atomic mass is 32.7. The average molecular weight is 2310 g/mol. The second-order valence-corrected chi connectivity index (χ2v) is 47.7. The van der Waals surface area contributed by atoms with E-state index >= 15 is 19.2 Å². The molecule has 14 heterocycles. The topological polar surface area (TPSA) is 785 Å². The molecule has 8 aromatic rings. The molecule has 834 valence electrons. The van der Waals surface area contributed by atoms with E-state index in [0.717, 1.165) is 30.9 Å². The maximum absolute atomic E-state index is 15.8. The van der Waals surface area contributed by atoms with Gasteiger partial charge in [-0.05, 0) is 34.1 Å². The van der Waals surface area contributed by atoms with Gasteiger partial charge in [0.25, 0.3) is 11.1 Å². The molecule has 0 aliphatic carbocycles. The number of aromatic amines is 2. The summed E-state index contributed by atoms with van der Waals surface area (Å²) in [7, 11) is 8.18. The first-order chi connectivity index (χ1) is 71.3. The van der Waals surface area contributed by atoms with Crippen LogP contribution >= 0.6 is 33.7 Å². The number of H-pyrrole nitrogens is 2. The molecule has 0 aromatic carbocycles. The number of hydrogen-bond donors (Lipinski definition) is 8. The van der Waals surface area contributed by atoms with Crippen LogP contribution in [0.1, 0.15) is 73.0 Å². The van der Waals surface area contributed by atoms with Gasteiger partial charge in [-0.1, -0.05) is 54.2 Å². The number of nitrogens with two attached hydrogens (primary N) is 5. The molecule has 13 N–H and O–H groups in total. The van der Waals surface area contributed by atoms with Crippen LogP contribution in [0.15, 0.2) is 72.5 Å². The van der Waals surface area contributed by atoms with Gasteiger partial charge < -0.3 is 196 Å². The number of aliphatic hydroxyl groups is 1. The monoisotopic (exact) mass is 2310 g/mol. The number of anilines is 5. The maximum atomic E-state index is 15.8. The van der Waals surface area contributed by atoms with Crippen LogP contribution in [0.3, 0.4) is 0 Å². The minimum atomic E-state index is -5.35. The maximum Gasteiger partial charge on any atom is 0.351 e.